The number of nitriles is 1. The third-order valence-electron chi connectivity index (χ3n) is 3.68. The number of hydrogen-bond donors (Lipinski definition) is 2. The summed E-state index contributed by atoms with van der Waals surface area (Å²) in [7, 11) is 0. The lowest BCUT2D eigenvalue weighted by Gasteiger charge is -2.08. The molecule has 1 aromatic heterocycles. The highest BCUT2D eigenvalue weighted by molar-refractivity contribution is 5.89. The Hall–Kier alpha value is -3.13. The van der Waals surface area contributed by atoms with Crippen LogP contribution < -0.4 is 11.1 Å². The standard InChI is InChI=1S/C18H17N5/c19-11-14-5-8-17-16(10-14)18(23-12-22-17)21-9-1-2-13-3-6-15(20)7-4-13/h3-8,10,12H,1-2,9,20H2,(H,21,22,23). The molecule has 0 fully saturated rings. The fourth-order valence-electron chi connectivity index (χ4n) is 2.45. The first kappa shape index (κ1) is 14.8. The molecule has 0 amide bonds. The Morgan fingerprint density at radius 3 is 2.70 bits per heavy atom. The number of nitrogen functional groups attached to an aromatic ring is 1. The molecule has 23 heavy (non-hydrogen) atoms. The molecule has 0 atom stereocenters. The highest BCUT2D eigenvalue weighted by Crippen LogP contribution is 2.20. The van der Waals surface area contributed by atoms with Gasteiger partial charge in [-0.3, -0.25) is 0 Å². The third-order valence-corrected chi connectivity index (χ3v) is 3.68. The van der Waals surface area contributed by atoms with Crippen molar-refractivity contribution in [2.45, 2.75) is 12.8 Å². The van der Waals surface area contributed by atoms with E-state index in [1.54, 1.807) is 6.07 Å². The van der Waals surface area contributed by atoms with Gasteiger partial charge in [-0.1, -0.05) is 12.1 Å². The number of nitrogens with zero attached hydrogens (tertiary/aromatic N) is 3. The molecule has 2 aromatic carbocycles. The summed E-state index contributed by atoms with van der Waals surface area (Å²) in [5.41, 5.74) is 9.18. The summed E-state index contributed by atoms with van der Waals surface area (Å²) in [5.74, 6) is 0.768. The monoisotopic (exact) mass is 303 g/mol. The number of rotatable bonds is 5. The van der Waals surface area contributed by atoms with Crippen molar-refractivity contribution in [1.82, 2.24) is 9.97 Å². The number of aryl methyl sites for hydroxylation is 1. The second-order valence-corrected chi connectivity index (χ2v) is 5.34. The van der Waals surface area contributed by atoms with Gasteiger partial charge in [0.15, 0.2) is 0 Å². The minimum absolute atomic E-state index is 0.609. The molecule has 0 saturated carbocycles. The van der Waals surface area contributed by atoms with Crippen molar-refractivity contribution in [1.29, 1.82) is 5.26 Å². The van der Waals surface area contributed by atoms with Gasteiger partial charge in [0.25, 0.3) is 0 Å². The number of anilines is 2. The third kappa shape index (κ3) is 3.55. The molecule has 0 radical (unpaired) electrons. The van der Waals surface area contributed by atoms with Crippen molar-refractivity contribution >= 4 is 22.4 Å². The Morgan fingerprint density at radius 1 is 1.09 bits per heavy atom. The van der Waals surface area contributed by atoms with E-state index in [1.807, 2.05) is 24.3 Å². The van der Waals surface area contributed by atoms with E-state index in [9.17, 15) is 0 Å². The van der Waals surface area contributed by atoms with E-state index in [0.29, 0.717) is 5.56 Å². The average Bonchev–Trinajstić information content (AvgIpc) is 2.60. The highest BCUT2D eigenvalue weighted by Gasteiger charge is 2.04. The van der Waals surface area contributed by atoms with Gasteiger partial charge >= 0.3 is 0 Å². The summed E-state index contributed by atoms with van der Waals surface area (Å²) in [4.78, 5) is 8.52. The summed E-state index contributed by atoms with van der Waals surface area (Å²) in [6, 6.07) is 15.5. The van der Waals surface area contributed by atoms with Crippen LogP contribution in [0.25, 0.3) is 10.9 Å². The lowest BCUT2D eigenvalue weighted by atomic mass is 10.1. The van der Waals surface area contributed by atoms with Gasteiger partial charge in [0.1, 0.15) is 12.1 Å². The summed E-state index contributed by atoms with van der Waals surface area (Å²) in [6.07, 6.45) is 3.49. The molecule has 0 saturated heterocycles. The van der Waals surface area contributed by atoms with Crippen LogP contribution in [0.1, 0.15) is 17.5 Å². The number of nitrogens with two attached hydrogens (primary N) is 1. The summed E-state index contributed by atoms with van der Waals surface area (Å²) >= 11 is 0. The van der Waals surface area contributed by atoms with E-state index in [2.05, 4.69) is 33.5 Å². The Kier molecular flexibility index (Phi) is 4.34. The largest absolute Gasteiger partial charge is 0.399 e. The van der Waals surface area contributed by atoms with Crippen LogP contribution in [0.2, 0.25) is 0 Å². The molecule has 0 bridgehead atoms. The fourth-order valence-corrected chi connectivity index (χ4v) is 2.45. The topological polar surface area (TPSA) is 87.6 Å². The lowest BCUT2D eigenvalue weighted by molar-refractivity contribution is 0.859. The van der Waals surface area contributed by atoms with Crippen molar-refractivity contribution in [3.8, 4) is 6.07 Å². The second kappa shape index (κ2) is 6.75. The Labute approximate surface area is 134 Å². The van der Waals surface area contributed by atoms with Crippen LogP contribution in [-0.2, 0) is 6.42 Å². The second-order valence-electron chi connectivity index (χ2n) is 5.34. The number of fused-ring (bicyclic) bond motifs is 1. The fraction of sp³-hybridized carbons (Fsp3) is 0.167. The van der Waals surface area contributed by atoms with E-state index < -0.39 is 0 Å². The Balaban J connectivity index is 1.65. The number of hydrogen-bond acceptors (Lipinski definition) is 5. The van der Waals surface area contributed by atoms with Crippen molar-refractivity contribution in [3.05, 3.63) is 59.9 Å². The Bertz CT molecular complexity index is 849. The molecule has 1 heterocycles. The van der Waals surface area contributed by atoms with Gasteiger partial charge < -0.3 is 11.1 Å². The molecule has 3 aromatic rings. The zero-order valence-electron chi connectivity index (χ0n) is 12.7. The van der Waals surface area contributed by atoms with Gasteiger partial charge in [-0.25, -0.2) is 9.97 Å². The van der Waals surface area contributed by atoms with Crippen molar-refractivity contribution in [2.24, 2.45) is 0 Å². The van der Waals surface area contributed by atoms with E-state index in [1.165, 1.54) is 11.9 Å². The molecule has 5 nitrogen and oxygen atoms in total. The minimum atomic E-state index is 0.609. The predicted molar refractivity (Wildman–Crippen MR) is 91.9 cm³/mol. The van der Waals surface area contributed by atoms with Crippen LogP contribution in [-0.4, -0.2) is 16.5 Å². The lowest BCUT2D eigenvalue weighted by Crippen LogP contribution is -2.05. The molecule has 0 aliphatic rings. The number of aromatic nitrogens is 2. The average molecular weight is 303 g/mol. The first-order valence-electron chi connectivity index (χ1n) is 7.49. The first-order chi connectivity index (χ1) is 11.3. The highest BCUT2D eigenvalue weighted by atomic mass is 15.0. The smallest absolute Gasteiger partial charge is 0.137 e. The molecule has 0 unspecified atom stereocenters. The maximum atomic E-state index is 9.03. The molecule has 5 heteroatoms. The maximum absolute atomic E-state index is 9.03. The molecule has 3 rings (SSSR count). The van der Waals surface area contributed by atoms with E-state index >= 15 is 0 Å². The van der Waals surface area contributed by atoms with Crippen LogP contribution in [0.4, 0.5) is 11.5 Å². The van der Waals surface area contributed by atoms with E-state index in [4.69, 9.17) is 11.0 Å². The van der Waals surface area contributed by atoms with E-state index in [-0.39, 0.29) is 0 Å². The van der Waals surface area contributed by atoms with Gasteiger partial charge in [0, 0.05) is 17.6 Å². The quantitative estimate of drug-likeness (QED) is 0.558. The van der Waals surface area contributed by atoms with Gasteiger partial charge in [0.05, 0.1) is 17.1 Å². The summed E-state index contributed by atoms with van der Waals surface area (Å²) < 4.78 is 0. The summed E-state index contributed by atoms with van der Waals surface area (Å²) in [6.45, 7) is 0.799. The maximum Gasteiger partial charge on any atom is 0.137 e. The normalized spacial score (nSPS) is 10.4. The number of nitrogens with one attached hydrogen (secondary N) is 1. The zero-order chi connectivity index (χ0) is 16.1. The molecule has 3 N–H and O–H groups in total. The minimum Gasteiger partial charge on any atom is -0.399 e. The van der Waals surface area contributed by atoms with Crippen molar-refractivity contribution < 1.29 is 0 Å². The summed E-state index contributed by atoms with van der Waals surface area (Å²) in [5, 5.41) is 13.2. The van der Waals surface area contributed by atoms with Crippen molar-refractivity contribution in [2.75, 3.05) is 17.6 Å². The zero-order valence-corrected chi connectivity index (χ0v) is 12.7. The predicted octanol–water partition coefficient (Wildman–Crippen LogP) is 3.13. The molecular weight excluding hydrogens is 286 g/mol. The Morgan fingerprint density at radius 2 is 1.91 bits per heavy atom. The van der Waals surface area contributed by atoms with Crippen LogP contribution in [0.3, 0.4) is 0 Å². The molecule has 114 valence electrons. The first-order valence-corrected chi connectivity index (χ1v) is 7.49. The van der Waals surface area contributed by atoms with E-state index in [0.717, 1.165) is 41.8 Å². The SMILES string of the molecule is N#Cc1ccc2ncnc(NCCCc3ccc(N)cc3)c2c1. The van der Waals surface area contributed by atoms with Gasteiger partial charge in [-0.15, -0.1) is 0 Å². The van der Waals surface area contributed by atoms with Gasteiger partial charge in [-0.2, -0.15) is 5.26 Å². The van der Waals surface area contributed by atoms with Crippen molar-refractivity contribution in [3.63, 3.8) is 0 Å². The molecule has 0 spiro atoms. The van der Waals surface area contributed by atoms with Crippen LogP contribution in [0.5, 0.6) is 0 Å². The van der Waals surface area contributed by atoms with Gasteiger partial charge in [-0.05, 0) is 48.7 Å². The molecule has 0 aliphatic heterocycles. The van der Waals surface area contributed by atoms with Crippen LogP contribution >= 0.6 is 0 Å². The van der Waals surface area contributed by atoms with Crippen LogP contribution in [0.15, 0.2) is 48.8 Å². The number of benzene rings is 2. The molecule has 0 aliphatic carbocycles. The van der Waals surface area contributed by atoms with Crippen LogP contribution in [0, 0.1) is 11.3 Å². The molecular formula is C18H17N5. The van der Waals surface area contributed by atoms with Gasteiger partial charge in [0.2, 0.25) is 0 Å².